The summed E-state index contributed by atoms with van der Waals surface area (Å²) >= 11 is 0. The lowest BCUT2D eigenvalue weighted by atomic mass is 10.0. The Morgan fingerprint density at radius 3 is 1.20 bits per heavy atom. The Labute approximate surface area is 244 Å². The number of carboxylic acids is 4. The Kier molecular flexibility index (Phi) is 28.2. The van der Waals surface area contributed by atoms with Gasteiger partial charge in [0.15, 0.2) is 0 Å². The van der Waals surface area contributed by atoms with Crippen LogP contribution in [-0.4, -0.2) is 50.8 Å². The van der Waals surface area contributed by atoms with E-state index in [-0.39, 0.29) is 0 Å². The van der Waals surface area contributed by atoms with Crippen LogP contribution in [0.2, 0.25) is 0 Å². The molecular formula is C31H50N2O8. The molecule has 0 saturated carbocycles. The molecule has 0 aliphatic rings. The predicted octanol–water partition coefficient (Wildman–Crippen LogP) is 6.46. The van der Waals surface area contributed by atoms with Crippen molar-refractivity contribution < 1.29 is 39.6 Å². The molecular weight excluding hydrogens is 528 g/mol. The zero-order valence-electron chi connectivity index (χ0n) is 24.4. The van der Waals surface area contributed by atoms with Crippen molar-refractivity contribution in [2.75, 3.05) is 11.9 Å². The van der Waals surface area contributed by atoms with E-state index in [1.165, 1.54) is 101 Å². The van der Waals surface area contributed by atoms with Gasteiger partial charge in [-0.2, -0.15) is 0 Å². The monoisotopic (exact) mass is 578 g/mol. The fraction of sp³-hybridized carbons (Fsp3) is 0.548. The molecule has 0 aliphatic heterocycles. The Bertz CT molecular complexity index is 817. The van der Waals surface area contributed by atoms with Gasteiger partial charge in [0.05, 0.1) is 0 Å². The molecule has 1 rings (SSSR count). The third kappa shape index (κ3) is 34.3. The van der Waals surface area contributed by atoms with Gasteiger partial charge in [-0.3, -0.25) is 0 Å². The highest BCUT2D eigenvalue weighted by atomic mass is 16.4. The average Bonchev–Trinajstić information content (AvgIpc) is 2.94. The van der Waals surface area contributed by atoms with Crippen LogP contribution in [0.25, 0.3) is 0 Å². The van der Waals surface area contributed by atoms with Crippen molar-refractivity contribution >= 4 is 29.6 Å². The molecule has 232 valence electrons. The largest absolute Gasteiger partial charge is 0.478 e. The Morgan fingerprint density at radius 1 is 0.585 bits per heavy atom. The highest BCUT2D eigenvalue weighted by Gasteiger charge is 1.96. The Hall–Kier alpha value is -3.66. The molecule has 0 atom stereocenters. The van der Waals surface area contributed by atoms with Gasteiger partial charge in [-0.25, -0.2) is 19.2 Å². The maximum atomic E-state index is 9.55. The van der Waals surface area contributed by atoms with E-state index in [0.717, 1.165) is 6.54 Å². The molecule has 1 aromatic carbocycles. The summed E-state index contributed by atoms with van der Waals surface area (Å²) in [7, 11) is 0. The fourth-order valence-electron chi connectivity index (χ4n) is 3.60. The summed E-state index contributed by atoms with van der Waals surface area (Å²) in [6.45, 7) is 4.00. The highest BCUT2D eigenvalue weighted by Crippen LogP contribution is 2.13. The third-order valence-corrected chi connectivity index (χ3v) is 5.79. The number of aliphatic carboxylic acids is 4. The Balaban J connectivity index is 0. The van der Waals surface area contributed by atoms with Gasteiger partial charge in [-0.15, -0.1) is 0 Å². The summed E-state index contributed by atoms with van der Waals surface area (Å²) in [5.41, 5.74) is 8.03. The van der Waals surface area contributed by atoms with Gasteiger partial charge in [0, 0.05) is 43.1 Å². The molecule has 0 heterocycles. The lowest BCUT2D eigenvalue weighted by Crippen LogP contribution is -2.02. The number of nitrogens with one attached hydrogen (secondary N) is 1. The van der Waals surface area contributed by atoms with E-state index < -0.39 is 23.9 Å². The minimum absolute atomic E-state index is 0.558. The van der Waals surface area contributed by atoms with Gasteiger partial charge in [-0.05, 0) is 24.1 Å². The van der Waals surface area contributed by atoms with Crippen LogP contribution >= 0.6 is 0 Å². The van der Waals surface area contributed by atoms with Crippen LogP contribution in [0.3, 0.4) is 0 Å². The number of anilines is 1. The summed E-state index contributed by atoms with van der Waals surface area (Å²) in [6, 6.07) is 8.47. The van der Waals surface area contributed by atoms with Gasteiger partial charge >= 0.3 is 23.9 Å². The molecule has 10 heteroatoms. The number of rotatable bonds is 21. The third-order valence-electron chi connectivity index (χ3n) is 5.79. The molecule has 0 radical (unpaired) electrons. The summed E-state index contributed by atoms with van der Waals surface area (Å²) < 4.78 is 0. The molecule has 41 heavy (non-hydrogen) atoms. The molecule has 1 aromatic rings. The molecule has 0 unspecified atom stereocenters. The van der Waals surface area contributed by atoms with Gasteiger partial charge in [0.25, 0.3) is 0 Å². The highest BCUT2D eigenvalue weighted by molar-refractivity contribution is 5.90. The summed E-state index contributed by atoms with van der Waals surface area (Å²) in [5.74, 6) is -5.03. The van der Waals surface area contributed by atoms with Crippen molar-refractivity contribution in [2.24, 2.45) is 5.73 Å². The van der Waals surface area contributed by atoms with E-state index in [2.05, 4.69) is 36.5 Å². The molecule has 0 bridgehead atoms. The van der Waals surface area contributed by atoms with Crippen LogP contribution in [0.4, 0.5) is 5.69 Å². The average molecular weight is 579 g/mol. The van der Waals surface area contributed by atoms with E-state index >= 15 is 0 Å². The van der Waals surface area contributed by atoms with E-state index in [1.807, 2.05) is 0 Å². The second-order valence-electron chi connectivity index (χ2n) is 9.44. The molecule has 0 aromatic heterocycles. The topological polar surface area (TPSA) is 187 Å². The van der Waals surface area contributed by atoms with Crippen LogP contribution in [0, 0.1) is 0 Å². The minimum Gasteiger partial charge on any atom is -0.478 e. The lowest BCUT2D eigenvalue weighted by Gasteiger charge is -2.07. The molecule has 0 fully saturated rings. The first-order valence-corrected chi connectivity index (χ1v) is 14.4. The molecule has 10 nitrogen and oxygen atoms in total. The molecule has 0 saturated heterocycles. The van der Waals surface area contributed by atoms with Crippen molar-refractivity contribution in [2.45, 2.75) is 103 Å². The van der Waals surface area contributed by atoms with Crippen LogP contribution < -0.4 is 11.1 Å². The van der Waals surface area contributed by atoms with Crippen molar-refractivity contribution in [1.82, 2.24) is 0 Å². The first kappa shape index (κ1) is 39.5. The van der Waals surface area contributed by atoms with Crippen molar-refractivity contribution in [3.8, 4) is 0 Å². The van der Waals surface area contributed by atoms with E-state index in [0.29, 0.717) is 30.8 Å². The van der Waals surface area contributed by atoms with Crippen molar-refractivity contribution in [3.05, 3.63) is 54.1 Å². The van der Waals surface area contributed by atoms with Gasteiger partial charge in [0.2, 0.25) is 0 Å². The van der Waals surface area contributed by atoms with Crippen LogP contribution in [-0.2, 0) is 25.7 Å². The van der Waals surface area contributed by atoms with Crippen LogP contribution in [0.15, 0.2) is 48.6 Å². The second kappa shape index (κ2) is 29.3. The zero-order valence-corrected chi connectivity index (χ0v) is 24.4. The number of benzene rings is 1. The maximum Gasteiger partial charge on any atom is 0.328 e. The van der Waals surface area contributed by atoms with E-state index in [1.54, 1.807) is 0 Å². The number of carboxylic acid groups (broad SMARTS) is 4. The number of hydrogen-bond acceptors (Lipinski definition) is 6. The van der Waals surface area contributed by atoms with E-state index in [4.69, 9.17) is 26.2 Å². The zero-order chi connectivity index (χ0) is 31.1. The second-order valence-corrected chi connectivity index (χ2v) is 9.44. The fourth-order valence-corrected chi connectivity index (χ4v) is 3.60. The molecule has 7 N–H and O–H groups in total. The predicted molar refractivity (Wildman–Crippen MR) is 162 cm³/mol. The summed E-state index contributed by atoms with van der Waals surface area (Å²) in [6.07, 6.45) is 22.1. The maximum absolute atomic E-state index is 9.55. The smallest absolute Gasteiger partial charge is 0.328 e. The van der Waals surface area contributed by atoms with E-state index in [9.17, 15) is 19.2 Å². The van der Waals surface area contributed by atoms with Crippen molar-refractivity contribution in [1.29, 1.82) is 0 Å². The van der Waals surface area contributed by atoms with Gasteiger partial charge in [0.1, 0.15) is 0 Å². The summed E-state index contributed by atoms with van der Waals surface area (Å²) in [4.78, 5) is 38.2. The van der Waals surface area contributed by atoms with Crippen LogP contribution in [0.5, 0.6) is 0 Å². The quantitative estimate of drug-likeness (QED) is 0.0697. The summed E-state index contributed by atoms with van der Waals surface area (Å²) in [5, 5.41) is 34.7. The minimum atomic E-state index is -1.26. The van der Waals surface area contributed by atoms with Gasteiger partial charge < -0.3 is 31.5 Å². The first-order valence-electron chi connectivity index (χ1n) is 14.4. The Morgan fingerprint density at radius 2 is 0.902 bits per heavy atom. The first-order chi connectivity index (χ1) is 19.6. The molecule has 0 amide bonds. The normalized spacial score (nSPS) is 10.4. The molecule has 0 spiro atoms. The standard InChI is InChI=1S/C23H42N2.2C4H4O4/c1-2-3-4-5-6-7-8-9-10-11-12-13-14-15-20-25-23-18-16-22(21-24)17-19-23;2*5-3(6)1-2-4(7)8/h16-19,25H,2-15,20-21,24H2,1H3;2*1-2H,(H,5,6)(H,7,8)/b;2*2-1+. The number of carbonyl (C=O) groups is 4. The number of nitrogens with two attached hydrogens (primary N) is 1. The SMILES string of the molecule is CCCCCCCCCCCCCCCCNc1ccc(CN)cc1.O=C(O)/C=C/C(=O)O.O=C(O)/C=C/C(=O)O. The van der Waals surface area contributed by atoms with Crippen LogP contribution in [0.1, 0.15) is 102 Å². The lowest BCUT2D eigenvalue weighted by molar-refractivity contribution is -0.134. The van der Waals surface area contributed by atoms with Crippen molar-refractivity contribution in [3.63, 3.8) is 0 Å². The van der Waals surface area contributed by atoms with Gasteiger partial charge in [-0.1, -0.05) is 103 Å². The number of unbranched alkanes of at least 4 members (excludes halogenated alkanes) is 13. The molecule has 0 aliphatic carbocycles. The number of hydrogen-bond donors (Lipinski definition) is 6.